The minimum atomic E-state index is -4.72. The van der Waals surface area contributed by atoms with Gasteiger partial charge in [0.1, 0.15) is 11.8 Å². The first-order chi connectivity index (χ1) is 12.4. The molecule has 1 aliphatic carbocycles. The van der Waals surface area contributed by atoms with Crippen molar-refractivity contribution >= 4 is 21.0 Å². The average Bonchev–Trinajstić information content (AvgIpc) is 3.30. The lowest BCUT2D eigenvalue weighted by Crippen LogP contribution is -2.10. The zero-order valence-corrected chi connectivity index (χ0v) is 16.0. The first-order valence-electron chi connectivity index (χ1n) is 7.85. The lowest BCUT2D eigenvalue weighted by Gasteiger charge is -2.13. The molecule has 6 nitrogen and oxygen atoms in total. The number of nitrogens with zero attached hydrogens (tertiary/aromatic N) is 1. The van der Waals surface area contributed by atoms with Gasteiger partial charge < -0.3 is 9.63 Å². The Kier molecular flexibility index (Phi) is 5.08. The van der Waals surface area contributed by atoms with Crippen molar-refractivity contribution in [3.05, 3.63) is 29.3 Å². The van der Waals surface area contributed by atoms with E-state index in [4.69, 9.17) is 4.52 Å². The fourth-order valence-electron chi connectivity index (χ4n) is 2.79. The van der Waals surface area contributed by atoms with Crippen molar-refractivity contribution in [2.24, 2.45) is 5.92 Å². The third kappa shape index (κ3) is 4.00. The predicted octanol–water partition coefficient (Wildman–Crippen LogP) is 3.29. The second kappa shape index (κ2) is 6.80. The van der Waals surface area contributed by atoms with Crippen molar-refractivity contribution in [3.63, 3.8) is 0 Å². The molecule has 1 aliphatic rings. The Bertz CT molecular complexity index is 965. The zero-order chi connectivity index (χ0) is 20.1. The van der Waals surface area contributed by atoms with E-state index in [0.29, 0.717) is 6.07 Å². The SMILES string of the molecule is C[S+](O)c1noc(-c2ccc(C(F)(F)F)cc2S(C)(=O)=O)c1C(O)C1CC1. The van der Waals surface area contributed by atoms with Gasteiger partial charge in [-0.3, -0.25) is 0 Å². The van der Waals surface area contributed by atoms with Gasteiger partial charge in [0.25, 0.3) is 0 Å². The summed E-state index contributed by atoms with van der Waals surface area (Å²) in [5.74, 6) is -0.242. The molecule has 0 aliphatic heterocycles. The minimum Gasteiger partial charge on any atom is -0.388 e. The lowest BCUT2D eigenvalue weighted by molar-refractivity contribution is -0.137. The van der Waals surface area contributed by atoms with E-state index in [9.17, 15) is 31.2 Å². The van der Waals surface area contributed by atoms with Gasteiger partial charge >= 0.3 is 11.2 Å². The van der Waals surface area contributed by atoms with Crippen molar-refractivity contribution in [1.29, 1.82) is 0 Å². The first-order valence-corrected chi connectivity index (χ1v) is 11.3. The number of rotatable bonds is 5. The summed E-state index contributed by atoms with van der Waals surface area (Å²) in [4.78, 5) is -0.585. The molecule has 1 aromatic carbocycles. The van der Waals surface area contributed by atoms with Crippen molar-refractivity contribution in [1.82, 2.24) is 5.16 Å². The molecule has 2 N–H and O–H groups in total. The number of aliphatic hydroxyl groups is 1. The summed E-state index contributed by atoms with van der Waals surface area (Å²) >= 11 is -1.39. The van der Waals surface area contributed by atoms with Crippen LogP contribution in [0.3, 0.4) is 0 Å². The van der Waals surface area contributed by atoms with Crippen molar-refractivity contribution in [3.8, 4) is 11.3 Å². The Morgan fingerprint density at radius 3 is 2.44 bits per heavy atom. The van der Waals surface area contributed by atoms with E-state index in [1.165, 1.54) is 6.26 Å². The average molecular weight is 424 g/mol. The van der Waals surface area contributed by atoms with Crippen molar-refractivity contribution < 1.29 is 35.8 Å². The molecule has 0 bridgehead atoms. The maximum Gasteiger partial charge on any atom is 0.416 e. The van der Waals surface area contributed by atoms with E-state index in [1.807, 2.05) is 0 Å². The van der Waals surface area contributed by atoms with Crippen LogP contribution in [0.1, 0.15) is 30.1 Å². The molecule has 2 atom stereocenters. The Morgan fingerprint density at radius 2 is 1.96 bits per heavy atom. The number of sulfone groups is 1. The number of aliphatic hydroxyl groups excluding tert-OH is 1. The Morgan fingerprint density at radius 1 is 1.33 bits per heavy atom. The van der Waals surface area contributed by atoms with Crippen molar-refractivity contribution in [2.45, 2.75) is 35.0 Å². The molecular formula is C16H17F3NO5S2+. The predicted molar refractivity (Wildman–Crippen MR) is 91.9 cm³/mol. The highest BCUT2D eigenvalue weighted by atomic mass is 32.2. The maximum absolute atomic E-state index is 13.0. The van der Waals surface area contributed by atoms with E-state index in [-0.39, 0.29) is 27.8 Å². The largest absolute Gasteiger partial charge is 0.416 e. The highest BCUT2D eigenvalue weighted by molar-refractivity contribution is 7.91. The summed E-state index contributed by atoms with van der Waals surface area (Å²) in [6.07, 6.45) is -2.09. The molecular weight excluding hydrogens is 407 g/mol. The molecule has 148 valence electrons. The van der Waals surface area contributed by atoms with Crippen LogP contribution in [0.25, 0.3) is 11.3 Å². The molecule has 0 radical (unpaired) electrons. The number of hydrogen-bond donors (Lipinski definition) is 2. The number of benzene rings is 1. The Balaban J connectivity index is 2.25. The second-order valence-electron chi connectivity index (χ2n) is 6.47. The molecule has 1 saturated carbocycles. The summed E-state index contributed by atoms with van der Waals surface area (Å²) in [7, 11) is -4.05. The minimum absolute atomic E-state index is 0.0590. The fourth-order valence-corrected chi connectivity index (χ4v) is 4.37. The van der Waals surface area contributed by atoms with Gasteiger partial charge in [0.15, 0.2) is 15.6 Å². The van der Waals surface area contributed by atoms with Crippen LogP contribution in [0.15, 0.2) is 32.6 Å². The van der Waals surface area contributed by atoms with E-state index < -0.39 is 43.8 Å². The van der Waals surface area contributed by atoms with Crippen LogP contribution in [0.2, 0.25) is 0 Å². The fraction of sp³-hybridized carbons (Fsp3) is 0.438. The summed E-state index contributed by atoms with van der Waals surface area (Å²) in [6.45, 7) is 0. The number of alkyl halides is 3. The quantitative estimate of drug-likeness (QED) is 0.715. The monoisotopic (exact) mass is 424 g/mol. The molecule has 3 rings (SSSR count). The molecule has 1 fully saturated rings. The highest BCUT2D eigenvalue weighted by Crippen LogP contribution is 2.47. The molecule has 2 unspecified atom stereocenters. The van der Waals surface area contributed by atoms with Crippen LogP contribution in [0, 0.1) is 5.92 Å². The normalized spacial score (nSPS) is 17.7. The number of halogens is 3. The third-order valence-electron chi connectivity index (χ3n) is 4.29. The van der Waals surface area contributed by atoms with Gasteiger partial charge in [0.2, 0.25) is 11.2 Å². The Labute approximate surface area is 156 Å². The van der Waals surface area contributed by atoms with Crippen LogP contribution >= 0.6 is 0 Å². The highest BCUT2D eigenvalue weighted by Gasteiger charge is 2.42. The summed E-state index contributed by atoms with van der Waals surface area (Å²) in [5, 5.41) is 14.3. The van der Waals surface area contributed by atoms with Crippen LogP contribution in [0.5, 0.6) is 0 Å². The van der Waals surface area contributed by atoms with E-state index in [2.05, 4.69) is 5.16 Å². The summed E-state index contributed by atoms with van der Waals surface area (Å²) < 4.78 is 78.4. The standard InChI is InChI=1S/C16H17F3NO5S2/c1-26(22)15-12(13(21)8-3-4-8)14(25-20-15)10-6-5-9(16(17,18)19)7-11(10)27(2,23)24/h5-8,13,21-22H,3-4H2,1-2H3/q+1. The van der Waals surface area contributed by atoms with Gasteiger partial charge in [0.05, 0.1) is 16.6 Å². The van der Waals surface area contributed by atoms with Gasteiger partial charge in [-0.1, -0.05) is 0 Å². The third-order valence-corrected chi connectivity index (χ3v) is 6.28. The molecule has 27 heavy (non-hydrogen) atoms. The number of hydrogen-bond acceptors (Lipinski definition) is 6. The van der Waals surface area contributed by atoms with Gasteiger partial charge in [-0.25, -0.2) is 8.42 Å². The molecule has 0 saturated heterocycles. The van der Waals surface area contributed by atoms with Crippen LogP contribution < -0.4 is 0 Å². The molecule has 2 aromatic rings. The summed E-state index contributed by atoms with van der Waals surface area (Å²) in [5.41, 5.74) is -1.13. The molecule has 0 amide bonds. The topological polar surface area (TPSA) is 101 Å². The van der Waals surface area contributed by atoms with Crippen molar-refractivity contribution in [2.75, 3.05) is 12.5 Å². The molecule has 11 heteroatoms. The second-order valence-corrected chi connectivity index (χ2v) is 9.80. The van der Waals surface area contributed by atoms with E-state index in [0.717, 1.165) is 31.2 Å². The number of aromatic nitrogens is 1. The lowest BCUT2D eigenvalue weighted by atomic mass is 10.0. The summed E-state index contributed by atoms with van der Waals surface area (Å²) in [6, 6.07) is 2.26. The van der Waals surface area contributed by atoms with E-state index >= 15 is 0 Å². The van der Waals surface area contributed by atoms with Gasteiger partial charge in [-0.2, -0.15) is 17.7 Å². The Hall–Kier alpha value is -1.56. The zero-order valence-electron chi connectivity index (χ0n) is 14.3. The van der Waals surface area contributed by atoms with Gasteiger partial charge in [-0.05, 0) is 42.1 Å². The molecule has 1 heterocycles. The first kappa shape index (κ1) is 20.2. The van der Waals surface area contributed by atoms with Crippen LogP contribution in [0.4, 0.5) is 13.2 Å². The maximum atomic E-state index is 13.0. The smallest absolute Gasteiger partial charge is 0.388 e. The van der Waals surface area contributed by atoms with Crippen LogP contribution in [-0.4, -0.2) is 35.7 Å². The molecule has 0 spiro atoms. The molecule has 1 aromatic heterocycles. The van der Waals surface area contributed by atoms with Gasteiger partial charge in [0, 0.05) is 11.8 Å². The van der Waals surface area contributed by atoms with Gasteiger partial charge in [-0.15, -0.1) is 0 Å². The van der Waals surface area contributed by atoms with E-state index in [1.54, 1.807) is 0 Å². The van der Waals surface area contributed by atoms with Crippen LogP contribution in [-0.2, 0) is 27.2 Å².